The van der Waals surface area contributed by atoms with E-state index < -0.39 is 6.79 Å². The monoisotopic (exact) mass is 131 g/mol. The van der Waals surface area contributed by atoms with E-state index >= 15 is 0 Å². The highest BCUT2D eigenvalue weighted by atomic mass is 16.6. The summed E-state index contributed by atoms with van der Waals surface area (Å²) in [4.78, 5) is 0. The Morgan fingerprint density at radius 1 is 1.67 bits per heavy atom. The molecule has 1 aliphatic rings. The predicted octanol–water partition coefficient (Wildman–Crippen LogP) is 0.427. The van der Waals surface area contributed by atoms with Crippen LogP contribution in [0.4, 0.5) is 0 Å². The van der Waals surface area contributed by atoms with Gasteiger partial charge in [-0.15, -0.1) is 0 Å². The van der Waals surface area contributed by atoms with Crippen LogP contribution in [0.25, 0.3) is 0 Å². The maximum Gasteiger partial charge on any atom is 0.180 e. The molecule has 0 saturated carbocycles. The highest BCUT2D eigenvalue weighted by Gasteiger charge is 2.33. The fourth-order valence-corrected chi connectivity index (χ4v) is 0.822. The SMILES string of the molecule is CC1(COC[O])COC1. The largest absolute Gasteiger partial charge is 0.380 e. The molecular weight excluding hydrogens is 120 g/mol. The normalized spacial score (nSPS) is 23.3. The molecule has 0 aromatic heterocycles. The maximum atomic E-state index is 9.85. The average Bonchev–Trinajstić information content (AvgIpc) is 1.79. The standard InChI is InChI=1S/C6H11O3/c1-6(2-8-3-6)4-9-5-7/h2-5H2,1H3. The van der Waals surface area contributed by atoms with Crippen LogP contribution in [0.1, 0.15) is 6.92 Å². The maximum absolute atomic E-state index is 9.85. The van der Waals surface area contributed by atoms with Crippen molar-refractivity contribution in [1.82, 2.24) is 0 Å². The Morgan fingerprint density at radius 2 is 2.33 bits per heavy atom. The summed E-state index contributed by atoms with van der Waals surface area (Å²) in [5, 5.41) is 9.85. The van der Waals surface area contributed by atoms with Gasteiger partial charge in [0.2, 0.25) is 0 Å². The van der Waals surface area contributed by atoms with Crippen LogP contribution in [0, 0.1) is 5.41 Å². The fraction of sp³-hybridized carbons (Fsp3) is 1.00. The highest BCUT2D eigenvalue weighted by molar-refractivity contribution is 4.79. The van der Waals surface area contributed by atoms with E-state index in [1.165, 1.54) is 0 Å². The van der Waals surface area contributed by atoms with Gasteiger partial charge < -0.3 is 9.47 Å². The summed E-state index contributed by atoms with van der Waals surface area (Å²) in [7, 11) is 0. The molecule has 1 rings (SSSR count). The number of hydrogen-bond acceptors (Lipinski definition) is 2. The van der Waals surface area contributed by atoms with Gasteiger partial charge in [0.25, 0.3) is 0 Å². The summed E-state index contributed by atoms with van der Waals surface area (Å²) in [5.41, 5.74) is 0.129. The van der Waals surface area contributed by atoms with Gasteiger partial charge in [-0.25, -0.2) is 5.11 Å². The molecule has 0 bridgehead atoms. The Kier molecular flexibility index (Phi) is 2.05. The summed E-state index contributed by atoms with van der Waals surface area (Å²) in [6.45, 7) is 3.61. The molecule has 1 aliphatic heterocycles. The van der Waals surface area contributed by atoms with Gasteiger partial charge >= 0.3 is 0 Å². The van der Waals surface area contributed by atoms with Gasteiger partial charge in [-0.2, -0.15) is 0 Å². The van der Waals surface area contributed by atoms with Crippen LogP contribution < -0.4 is 0 Å². The third-order valence-corrected chi connectivity index (χ3v) is 1.43. The van der Waals surface area contributed by atoms with E-state index in [1.54, 1.807) is 0 Å². The molecule has 1 saturated heterocycles. The molecule has 0 amide bonds. The second-order valence-electron chi connectivity index (χ2n) is 2.77. The highest BCUT2D eigenvalue weighted by Crippen LogP contribution is 2.26. The molecule has 1 radical (unpaired) electrons. The van der Waals surface area contributed by atoms with Crippen molar-refractivity contribution in [2.24, 2.45) is 5.41 Å². The van der Waals surface area contributed by atoms with E-state index in [9.17, 15) is 5.11 Å². The molecule has 0 aromatic carbocycles. The molecule has 1 heterocycles. The molecule has 0 atom stereocenters. The van der Waals surface area contributed by atoms with Crippen LogP contribution in [0.3, 0.4) is 0 Å². The van der Waals surface area contributed by atoms with Gasteiger partial charge in [-0.1, -0.05) is 6.92 Å². The first-order chi connectivity index (χ1) is 4.27. The molecular formula is C6H11O3. The lowest BCUT2D eigenvalue weighted by Crippen LogP contribution is -2.43. The van der Waals surface area contributed by atoms with Crippen molar-refractivity contribution in [3.8, 4) is 0 Å². The van der Waals surface area contributed by atoms with Crippen LogP contribution in [-0.4, -0.2) is 26.6 Å². The summed E-state index contributed by atoms with van der Waals surface area (Å²) in [6, 6.07) is 0. The van der Waals surface area contributed by atoms with Crippen molar-refractivity contribution in [2.75, 3.05) is 26.6 Å². The van der Waals surface area contributed by atoms with Crippen molar-refractivity contribution >= 4 is 0 Å². The van der Waals surface area contributed by atoms with Gasteiger partial charge in [-0.3, -0.25) is 0 Å². The first-order valence-electron chi connectivity index (χ1n) is 3.00. The van der Waals surface area contributed by atoms with E-state index in [-0.39, 0.29) is 5.41 Å². The summed E-state index contributed by atoms with van der Waals surface area (Å²) in [5.74, 6) is 0. The lowest BCUT2D eigenvalue weighted by Gasteiger charge is -2.37. The van der Waals surface area contributed by atoms with Gasteiger partial charge in [0.1, 0.15) is 0 Å². The van der Waals surface area contributed by atoms with E-state index in [0.29, 0.717) is 6.61 Å². The zero-order valence-corrected chi connectivity index (χ0v) is 5.55. The molecule has 0 aromatic rings. The van der Waals surface area contributed by atoms with Crippen LogP contribution in [0.15, 0.2) is 0 Å². The van der Waals surface area contributed by atoms with Crippen LogP contribution in [0.5, 0.6) is 0 Å². The molecule has 0 N–H and O–H groups in total. The Labute approximate surface area is 54.6 Å². The minimum absolute atomic E-state index is 0.129. The van der Waals surface area contributed by atoms with Crippen LogP contribution >= 0.6 is 0 Å². The van der Waals surface area contributed by atoms with Gasteiger partial charge in [-0.05, 0) is 0 Å². The molecule has 3 nitrogen and oxygen atoms in total. The lowest BCUT2D eigenvalue weighted by atomic mass is 9.90. The molecule has 1 fully saturated rings. The lowest BCUT2D eigenvalue weighted by molar-refractivity contribution is -0.162. The van der Waals surface area contributed by atoms with Gasteiger partial charge in [0, 0.05) is 5.41 Å². The fourth-order valence-electron chi connectivity index (χ4n) is 0.822. The summed E-state index contributed by atoms with van der Waals surface area (Å²) in [6.07, 6.45) is 0. The van der Waals surface area contributed by atoms with Crippen molar-refractivity contribution in [3.05, 3.63) is 0 Å². The second kappa shape index (κ2) is 2.64. The van der Waals surface area contributed by atoms with Gasteiger partial charge in [0.15, 0.2) is 6.79 Å². The third-order valence-electron chi connectivity index (χ3n) is 1.43. The zero-order valence-electron chi connectivity index (χ0n) is 5.55. The molecule has 0 spiro atoms. The number of hydrogen-bond donors (Lipinski definition) is 0. The van der Waals surface area contributed by atoms with Crippen molar-refractivity contribution in [1.29, 1.82) is 0 Å². The third kappa shape index (κ3) is 1.64. The predicted molar refractivity (Wildman–Crippen MR) is 30.4 cm³/mol. The summed E-state index contributed by atoms with van der Waals surface area (Å²) >= 11 is 0. The number of rotatable bonds is 3. The van der Waals surface area contributed by atoms with Crippen molar-refractivity contribution in [3.63, 3.8) is 0 Å². The Bertz CT molecular complexity index is 88.3. The zero-order chi connectivity index (χ0) is 6.74. The quantitative estimate of drug-likeness (QED) is 0.521. The number of ether oxygens (including phenoxy) is 2. The van der Waals surface area contributed by atoms with Crippen LogP contribution in [-0.2, 0) is 14.6 Å². The average molecular weight is 131 g/mol. The molecule has 53 valence electrons. The minimum atomic E-state index is -0.435. The van der Waals surface area contributed by atoms with Crippen molar-refractivity contribution in [2.45, 2.75) is 6.92 Å². The molecule has 0 unspecified atom stereocenters. The Balaban J connectivity index is 2.09. The van der Waals surface area contributed by atoms with E-state index in [0.717, 1.165) is 13.2 Å². The first kappa shape index (κ1) is 6.99. The van der Waals surface area contributed by atoms with Gasteiger partial charge in [0.05, 0.1) is 19.8 Å². The first-order valence-corrected chi connectivity index (χ1v) is 3.00. The Morgan fingerprint density at radius 3 is 2.67 bits per heavy atom. The Hall–Kier alpha value is -0.120. The van der Waals surface area contributed by atoms with E-state index in [1.807, 2.05) is 6.92 Å². The van der Waals surface area contributed by atoms with E-state index in [4.69, 9.17) is 9.47 Å². The summed E-state index contributed by atoms with van der Waals surface area (Å²) < 4.78 is 9.66. The van der Waals surface area contributed by atoms with Crippen LogP contribution in [0.2, 0.25) is 0 Å². The smallest absolute Gasteiger partial charge is 0.180 e. The minimum Gasteiger partial charge on any atom is -0.380 e. The molecule has 9 heavy (non-hydrogen) atoms. The topological polar surface area (TPSA) is 38.4 Å². The molecule has 0 aliphatic carbocycles. The van der Waals surface area contributed by atoms with E-state index in [2.05, 4.69) is 0 Å². The molecule has 3 heteroatoms. The second-order valence-corrected chi connectivity index (χ2v) is 2.77. The van der Waals surface area contributed by atoms with Crippen molar-refractivity contribution < 1.29 is 14.6 Å².